The zero-order valence-corrected chi connectivity index (χ0v) is 21.6. The Hall–Kier alpha value is -2.90. The third-order valence-electron chi connectivity index (χ3n) is 8.19. The predicted molar refractivity (Wildman–Crippen MR) is 142 cm³/mol. The van der Waals surface area contributed by atoms with Crippen LogP contribution in [-0.2, 0) is 14.9 Å². The largest absolute Gasteiger partial charge is 0.469 e. The molecular formula is C28H28ClN3O3S. The molecule has 36 heavy (non-hydrogen) atoms. The molecule has 2 N–H and O–H groups in total. The summed E-state index contributed by atoms with van der Waals surface area (Å²) in [6, 6.07) is 14.5. The number of nitrogens with one attached hydrogen (secondary N) is 2. The SMILES string of the molecule is COC(=O)C12CC3CC(C1)CC(c1ncc(-c4ccc(NC(=O)Nc5ccccc5Cl)cc4)s1)(C3)C2. The highest BCUT2D eigenvalue weighted by Gasteiger charge is 2.62. The molecule has 0 aliphatic heterocycles. The van der Waals surface area contributed by atoms with Crippen LogP contribution < -0.4 is 10.6 Å². The summed E-state index contributed by atoms with van der Waals surface area (Å²) in [5.41, 5.74) is 1.96. The first kappa shape index (κ1) is 23.5. The molecule has 1 aromatic heterocycles. The number of anilines is 2. The summed E-state index contributed by atoms with van der Waals surface area (Å²) in [6.07, 6.45) is 8.23. The highest BCUT2D eigenvalue weighted by molar-refractivity contribution is 7.15. The maximum Gasteiger partial charge on any atom is 0.323 e. The van der Waals surface area contributed by atoms with Crippen molar-refractivity contribution >= 4 is 46.3 Å². The van der Waals surface area contributed by atoms with Crippen molar-refractivity contribution in [3.05, 3.63) is 64.8 Å². The molecule has 4 saturated carbocycles. The lowest BCUT2D eigenvalue weighted by molar-refractivity contribution is -0.171. The smallest absolute Gasteiger partial charge is 0.323 e. The summed E-state index contributed by atoms with van der Waals surface area (Å²) < 4.78 is 5.27. The Labute approximate surface area is 219 Å². The molecule has 186 valence electrons. The number of nitrogens with zero attached hydrogens (tertiary/aromatic N) is 1. The van der Waals surface area contributed by atoms with Crippen LogP contribution in [0.25, 0.3) is 10.4 Å². The van der Waals surface area contributed by atoms with Gasteiger partial charge in [0.1, 0.15) is 0 Å². The van der Waals surface area contributed by atoms with E-state index in [1.807, 2.05) is 42.6 Å². The molecule has 4 bridgehead atoms. The molecule has 1 heterocycles. The molecule has 2 atom stereocenters. The van der Waals surface area contributed by atoms with E-state index in [1.54, 1.807) is 23.5 Å². The van der Waals surface area contributed by atoms with E-state index in [2.05, 4.69) is 10.6 Å². The molecule has 6 nitrogen and oxygen atoms in total. The number of halogens is 1. The van der Waals surface area contributed by atoms with Gasteiger partial charge in [-0.1, -0.05) is 35.9 Å². The summed E-state index contributed by atoms with van der Waals surface area (Å²) in [7, 11) is 1.52. The van der Waals surface area contributed by atoms with Crippen molar-refractivity contribution in [1.29, 1.82) is 0 Å². The highest BCUT2D eigenvalue weighted by Crippen LogP contribution is 2.66. The molecule has 4 aliphatic rings. The monoisotopic (exact) mass is 521 g/mol. The number of benzene rings is 2. The average molecular weight is 522 g/mol. The van der Waals surface area contributed by atoms with E-state index in [0.717, 1.165) is 47.6 Å². The van der Waals surface area contributed by atoms with Crippen molar-refractivity contribution in [3.63, 3.8) is 0 Å². The van der Waals surface area contributed by atoms with Gasteiger partial charge in [0.05, 0.1) is 33.1 Å². The molecule has 0 spiro atoms. The number of aromatic nitrogens is 1. The van der Waals surface area contributed by atoms with Crippen LogP contribution in [0.1, 0.15) is 43.5 Å². The summed E-state index contributed by atoms with van der Waals surface area (Å²) >= 11 is 7.86. The van der Waals surface area contributed by atoms with Gasteiger partial charge in [-0.15, -0.1) is 11.3 Å². The fraction of sp³-hybridized carbons (Fsp3) is 0.393. The van der Waals surface area contributed by atoms with Crippen LogP contribution in [0.5, 0.6) is 0 Å². The Kier molecular flexibility index (Phi) is 5.80. The average Bonchev–Trinajstić information content (AvgIpc) is 3.36. The number of hydrogen-bond donors (Lipinski definition) is 2. The number of carbonyl (C=O) groups is 2. The Bertz CT molecular complexity index is 1310. The zero-order valence-electron chi connectivity index (χ0n) is 20.1. The molecule has 2 amide bonds. The molecule has 2 aromatic carbocycles. The van der Waals surface area contributed by atoms with E-state index in [9.17, 15) is 9.59 Å². The van der Waals surface area contributed by atoms with Gasteiger partial charge < -0.3 is 15.4 Å². The lowest BCUT2D eigenvalue weighted by Crippen LogP contribution is -2.57. The van der Waals surface area contributed by atoms with Crippen LogP contribution in [0.3, 0.4) is 0 Å². The third-order valence-corrected chi connectivity index (χ3v) is 9.81. The van der Waals surface area contributed by atoms with Gasteiger partial charge >= 0.3 is 12.0 Å². The van der Waals surface area contributed by atoms with Crippen molar-refractivity contribution < 1.29 is 14.3 Å². The van der Waals surface area contributed by atoms with Crippen LogP contribution in [0.15, 0.2) is 54.7 Å². The number of rotatable bonds is 5. The van der Waals surface area contributed by atoms with Gasteiger partial charge in [0.25, 0.3) is 0 Å². The Balaban J connectivity index is 1.18. The Morgan fingerprint density at radius 1 is 1.03 bits per heavy atom. The summed E-state index contributed by atoms with van der Waals surface area (Å²) in [4.78, 5) is 31.2. The first-order chi connectivity index (χ1) is 17.4. The fourth-order valence-electron chi connectivity index (χ4n) is 7.19. The van der Waals surface area contributed by atoms with E-state index >= 15 is 0 Å². The Morgan fingerprint density at radius 2 is 1.75 bits per heavy atom. The Morgan fingerprint density at radius 3 is 2.44 bits per heavy atom. The van der Waals surface area contributed by atoms with Gasteiger partial charge in [-0.3, -0.25) is 4.79 Å². The second-order valence-electron chi connectivity index (χ2n) is 10.7. The molecule has 3 aromatic rings. The maximum absolute atomic E-state index is 12.8. The first-order valence-electron chi connectivity index (χ1n) is 12.4. The van der Waals surface area contributed by atoms with Crippen molar-refractivity contribution in [3.8, 4) is 10.4 Å². The first-order valence-corrected chi connectivity index (χ1v) is 13.6. The normalized spacial score (nSPS) is 28.1. The molecule has 2 unspecified atom stereocenters. The van der Waals surface area contributed by atoms with E-state index in [4.69, 9.17) is 21.3 Å². The number of esters is 1. The quantitative estimate of drug-likeness (QED) is 0.350. The van der Waals surface area contributed by atoms with Gasteiger partial charge in [-0.25, -0.2) is 9.78 Å². The van der Waals surface area contributed by atoms with Crippen molar-refractivity contribution in [2.75, 3.05) is 17.7 Å². The standard InChI is InChI=1S/C28H28ClN3O3S/c1-35-25(33)28-13-17-10-18(14-28)12-27(11-17,16-28)24-30-15-23(36-24)19-6-8-20(9-7-19)31-26(34)32-22-5-3-2-4-21(22)29/h2-9,15,17-18H,10-14,16H2,1H3,(H2,31,32,34). The van der Waals surface area contributed by atoms with Gasteiger partial charge in [0, 0.05) is 17.3 Å². The van der Waals surface area contributed by atoms with E-state index in [1.165, 1.54) is 13.5 Å². The molecule has 7 rings (SSSR count). The van der Waals surface area contributed by atoms with Crippen LogP contribution in [-0.4, -0.2) is 24.1 Å². The van der Waals surface area contributed by atoms with Crippen LogP contribution >= 0.6 is 22.9 Å². The second-order valence-corrected chi connectivity index (χ2v) is 12.1. The lowest BCUT2D eigenvalue weighted by Gasteiger charge is -2.60. The summed E-state index contributed by atoms with van der Waals surface area (Å²) in [5, 5.41) is 7.25. The maximum atomic E-state index is 12.8. The molecule has 0 radical (unpaired) electrons. The predicted octanol–water partition coefficient (Wildman–Crippen LogP) is 7.12. The van der Waals surface area contributed by atoms with Crippen molar-refractivity contribution in [2.24, 2.45) is 17.3 Å². The molecule has 4 aliphatic carbocycles. The van der Waals surface area contributed by atoms with Gasteiger partial charge in [-0.2, -0.15) is 0 Å². The minimum absolute atomic E-state index is 0.0144. The van der Waals surface area contributed by atoms with E-state index in [-0.39, 0.29) is 22.8 Å². The summed E-state index contributed by atoms with van der Waals surface area (Å²) in [5.74, 6) is 1.14. The van der Waals surface area contributed by atoms with Gasteiger partial charge in [0.15, 0.2) is 0 Å². The number of para-hydroxylation sites is 1. The molecule has 0 saturated heterocycles. The van der Waals surface area contributed by atoms with Crippen molar-refractivity contribution in [1.82, 2.24) is 4.98 Å². The van der Waals surface area contributed by atoms with E-state index in [0.29, 0.717) is 28.2 Å². The zero-order chi connectivity index (χ0) is 24.9. The number of methoxy groups -OCH3 is 1. The molecule has 4 fully saturated rings. The number of ether oxygens (including phenoxy) is 1. The number of hydrogen-bond acceptors (Lipinski definition) is 5. The minimum atomic E-state index is -0.350. The number of amides is 2. The topological polar surface area (TPSA) is 80.3 Å². The lowest BCUT2D eigenvalue weighted by atomic mass is 9.44. The minimum Gasteiger partial charge on any atom is -0.469 e. The number of carbonyl (C=O) groups excluding carboxylic acids is 2. The summed E-state index contributed by atoms with van der Waals surface area (Å²) in [6.45, 7) is 0. The van der Waals surface area contributed by atoms with Crippen molar-refractivity contribution in [2.45, 2.75) is 43.9 Å². The number of urea groups is 1. The highest BCUT2D eigenvalue weighted by atomic mass is 35.5. The molecular weight excluding hydrogens is 494 g/mol. The number of thiazole rings is 1. The van der Waals surface area contributed by atoms with E-state index < -0.39 is 0 Å². The second kappa shape index (κ2) is 8.89. The third kappa shape index (κ3) is 4.08. The van der Waals surface area contributed by atoms with Crippen LogP contribution in [0.4, 0.5) is 16.2 Å². The van der Waals surface area contributed by atoms with Gasteiger partial charge in [-0.05, 0) is 80.2 Å². The molecule has 8 heteroatoms. The fourth-order valence-corrected chi connectivity index (χ4v) is 8.50. The van der Waals surface area contributed by atoms with Gasteiger partial charge in [0.2, 0.25) is 0 Å². The van der Waals surface area contributed by atoms with Crippen LogP contribution in [0, 0.1) is 17.3 Å². The van der Waals surface area contributed by atoms with Crippen LogP contribution in [0.2, 0.25) is 5.02 Å².